The fourth-order valence-corrected chi connectivity index (χ4v) is 0.825. The molecular weight excluding hydrogens is 168 g/mol. The molecule has 0 nitrogen and oxygen atoms in total. The van der Waals surface area contributed by atoms with E-state index in [1.165, 1.54) is 11.1 Å². The Morgan fingerprint density at radius 1 is 1.07 bits per heavy atom. The van der Waals surface area contributed by atoms with E-state index in [-0.39, 0.29) is 0 Å². The topological polar surface area (TPSA) is 0 Å². The molecule has 0 radical (unpaired) electrons. The second kappa shape index (κ2) is 8.06. The minimum atomic E-state index is 1.17. The molecule has 0 heterocycles. The van der Waals surface area contributed by atoms with Crippen LogP contribution in [0.15, 0.2) is 61.2 Å². The highest BCUT2D eigenvalue weighted by Gasteiger charge is 1.75. The van der Waals surface area contributed by atoms with E-state index in [2.05, 4.69) is 13.2 Å². The van der Waals surface area contributed by atoms with Gasteiger partial charge in [-0.2, -0.15) is 0 Å². The van der Waals surface area contributed by atoms with Gasteiger partial charge in [-0.1, -0.05) is 67.3 Å². The molecule has 1 rings (SSSR count). The number of benzene rings is 1. The van der Waals surface area contributed by atoms with E-state index in [9.17, 15) is 0 Å². The highest BCUT2D eigenvalue weighted by atomic mass is 13.8. The molecule has 14 heavy (non-hydrogen) atoms. The molecule has 0 bridgehead atoms. The van der Waals surface area contributed by atoms with Gasteiger partial charge < -0.3 is 0 Å². The molecule has 1 aromatic carbocycles. The standard InChI is InChI=1S/C8H8.C6H10/c1-2-8-6-4-3-5-7-8;1-4-5-6(2)3/h2-7H,1H2;4-5H,1H2,2-3H3. The van der Waals surface area contributed by atoms with Crippen molar-refractivity contribution in [2.24, 2.45) is 0 Å². The molecule has 0 atom stereocenters. The van der Waals surface area contributed by atoms with Gasteiger partial charge in [-0.05, 0) is 19.4 Å². The first kappa shape index (κ1) is 12.4. The Morgan fingerprint density at radius 2 is 1.64 bits per heavy atom. The lowest BCUT2D eigenvalue weighted by Gasteiger charge is -1.85. The summed E-state index contributed by atoms with van der Waals surface area (Å²) in [7, 11) is 0. The van der Waals surface area contributed by atoms with E-state index in [0.29, 0.717) is 0 Å². The van der Waals surface area contributed by atoms with Gasteiger partial charge >= 0.3 is 0 Å². The van der Waals surface area contributed by atoms with Gasteiger partial charge in [-0.3, -0.25) is 0 Å². The zero-order valence-corrected chi connectivity index (χ0v) is 9.03. The first-order valence-corrected chi connectivity index (χ1v) is 4.64. The van der Waals surface area contributed by atoms with Crippen molar-refractivity contribution in [3.63, 3.8) is 0 Å². The molecular formula is C14H18. The molecule has 0 saturated heterocycles. The van der Waals surface area contributed by atoms with Crippen LogP contribution in [0.5, 0.6) is 0 Å². The molecule has 0 heteroatoms. The maximum absolute atomic E-state index is 3.63. The van der Waals surface area contributed by atoms with E-state index in [1.807, 2.05) is 56.3 Å². The Labute approximate surface area is 87.3 Å². The van der Waals surface area contributed by atoms with Crippen LogP contribution in [-0.2, 0) is 0 Å². The molecule has 0 N–H and O–H groups in total. The van der Waals surface area contributed by atoms with E-state index >= 15 is 0 Å². The van der Waals surface area contributed by atoms with Gasteiger partial charge in [0.15, 0.2) is 0 Å². The maximum Gasteiger partial charge on any atom is -0.0263 e. The summed E-state index contributed by atoms with van der Waals surface area (Å²) in [6.07, 6.45) is 5.59. The quantitative estimate of drug-likeness (QED) is 0.598. The Morgan fingerprint density at radius 3 is 1.86 bits per heavy atom. The molecule has 0 amide bonds. The van der Waals surface area contributed by atoms with Crippen LogP contribution in [0.1, 0.15) is 19.4 Å². The smallest absolute Gasteiger partial charge is 0.0263 e. The van der Waals surface area contributed by atoms with E-state index in [0.717, 1.165) is 0 Å². The fraction of sp³-hybridized carbons (Fsp3) is 0.143. The SMILES string of the molecule is C=CC=C(C)C.C=Cc1ccccc1. The Kier molecular flexibility index (Phi) is 7.16. The van der Waals surface area contributed by atoms with Gasteiger partial charge in [0.25, 0.3) is 0 Å². The molecule has 0 unspecified atom stereocenters. The second-order valence-electron chi connectivity index (χ2n) is 3.09. The lowest BCUT2D eigenvalue weighted by molar-refractivity contribution is 1.40. The molecule has 0 aliphatic carbocycles. The van der Waals surface area contributed by atoms with Gasteiger partial charge in [0, 0.05) is 0 Å². The molecule has 0 fully saturated rings. The summed E-state index contributed by atoms with van der Waals surface area (Å²) in [5.74, 6) is 0. The van der Waals surface area contributed by atoms with Gasteiger partial charge in [0.1, 0.15) is 0 Å². The monoisotopic (exact) mass is 186 g/mol. The average Bonchev–Trinajstić information content (AvgIpc) is 2.20. The Bertz CT molecular complexity index is 287. The predicted molar refractivity (Wildman–Crippen MR) is 66.2 cm³/mol. The molecule has 74 valence electrons. The van der Waals surface area contributed by atoms with Crippen molar-refractivity contribution in [2.45, 2.75) is 13.8 Å². The molecule has 0 spiro atoms. The van der Waals surface area contributed by atoms with Crippen molar-refractivity contribution < 1.29 is 0 Å². The first-order chi connectivity index (χ1) is 6.70. The van der Waals surface area contributed by atoms with Crippen LogP contribution in [0.4, 0.5) is 0 Å². The van der Waals surface area contributed by atoms with E-state index in [4.69, 9.17) is 0 Å². The predicted octanol–water partition coefficient (Wildman–Crippen LogP) is 4.47. The minimum absolute atomic E-state index is 1.17. The van der Waals surface area contributed by atoms with Gasteiger partial charge in [0.2, 0.25) is 0 Å². The van der Waals surface area contributed by atoms with Gasteiger partial charge in [-0.25, -0.2) is 0 Å². The van der Waals surface area contributed by atoms with Gasteiger partial charge in [-0.15, -0.1) is 0 Å². The van der Waals surface area contributed by atoms with Crippen LogP contribution >= 0.6 is 0 Å². The van der Waals surface area contributed by atoms with Crippen LogP contribution in [-0.4, -0.2) is 0 Å². The van der Waals surface area contributed by atoms with E-state index in [1.54, 1.807) is 6.08 Å². The highest BCUT2D eigenvalue weighted by molar-refractivity contribution is 5.45. The molecule has 0 aliphatic rings. The third kappa shape index (κ3) is 7.11. The highest BCUT2D eigenvalue weighted by Crippen LogP contribution is 1.97. The Hall–Kier alpha value is -1.56. The summed E-state index contributed by atoms with van der Waals surface area (Å²) >= 11 is 0. The fourth-order valence-electron chi connectivity index (χ4n) is 0.825. The summed E-state index contributed by atoms with van der Waals surface area (Å²) < 4.78 is 0. The van der Waals surface area contributed by atoms with Crippen molar-refractivity contribution >= 4 is 6.08 Å². The van der Waals surface area contributed by atoms with Crippen molar-refractivity contribution in [2.75, 3.05) is 0 Å². The lowest BCUT2D eigenvalue weighted by atomic mass is 10.2. The van der Waals surface area contributed by atoms with Crippen LogP contribution < -0.4 is 0 Å². The number of hydrogen-bond donors (Lipinski definition) is 0. The summed E-state index contributed by atoms with van der Waals surface area (Å²) in [6, 6.07) is 10.0. The van der Waals surface area contributed by atoms with Crippen LogP contribution in [0.25, 0.3) is 6.08 Å². The molecule has 0 aliphatic heterocycles. The van der Waals surface area contributed by atoms with Crippen LogP contribution in [0, 0.1) is 0 Å². The molecule has 0 aromatic heterocycles. The normalized spacial score (nSPS) is 7.86. The van der Waals surface area contributed by atoms with Crippen molar-refractivity contribution in [3.8, 4) is 0 Å². The van der Waals surface area contributed by atoms with E-state index < -0.39 is 0 Å². The van der Waals surface area contributed by atoms with Gasteiger partial charge in [0.05, 0.1) is 0 Å². The zero-order chi connectivity index (χ0) is 10.8. The first-order valence-electron chi connectivity index (χ1n) is 4.64. The lowest BCUT2D eigenvalue weighted by Crippen LogP contribution is -1.63. The second-order valence-corrected chi connectivity index (χ2v) is 3.09. The third-order valence-corrected chi connectivity index (χ3v) is 1.49. The zero-order valence-electron chi connectivity index (χ0n) is 9.03. The average molecular weight is 186 g/mol. The van der Waals surface area contributed by atoms with Crippen molar-refractivity contribution in [1.82, 2.24) is 0 Å². The maximum atomic E-state index is 3.63. The summed E-state index contributed by atoms with van der Waals surface area (Å²) in [5.41, 5.74) is 2.47. The van der Waals surface area contributed by atoms with Crippen LogP contribution in [0.3, 0.4) is 0 Å². The Balaban J connectivity index is 0.000000255. The van der Waals surface area contributed by atoms with Crippen molar-refractivity contribution in [1.29, 1.82) is 0 Å². The number of allylic oxidation sites excluding steroid dienone is 3. The van der Waals surface area contributed by atoms with Crippen LogP contribution in [0.2, 0.25) is 0 Å². The third-order valence-electron chi connectivity index (χ3n) is 1.49. The summed E-state index contributed by atoms with van der Waals surface area (Å²) in [4.78, 5) is 0. The van der Waals surface area contributed by atoms with Crippen molar-refractivity contribution in [3.05, 3.63) is 66.8 Å². The largest absolute Gasteiger partial charge is 0.0991 e. The molecule has 0 saturated carbocycles. The minimum Gasteiger partial charge on any atom is -0.0991 e. The number of rotatable bonds is 2. The number of hydrogen-bond acceptors (Lipinski definition) is 0. The summed E-state index contributed by atoms with van der Waals surface area (Å²) in [5, 5.41) is 0. The molecule has 1 aromatic rings. The summed E-state index contributed by atoms with van der Waals surface area (Å²) in [6.45, 7) is 11.2.